The Bertz CT molecular complexity index is 330. The van der Waals surface area contributed by atoms with Gasteiger partial charge in [-0.2, -0.15) is 0 Å². The second-order valence-electron chi connectivity index (χ2n) is 5.19. The van der Waals surface area contributed by atoms with Crippen LogP contribution in [0, 0.1) is 0 Å². The second kappa shape index (κ2) is 5.25. The SMILES string of the molecule is COC(C)C(N)Cc1nc(C(C)(C)C)cs1. The number of rotatable bonds is 4. The van der Waals surface area contributed by atoms with Gasteiger partial charge in [-0.1, -0.05) is 20.8 Å². The number of methoxy groups -OCH3 is 1. The third-order valence-corrected chi connectivity index (χ3v) is 3.58. The van der Waals surface area contributed by atoms with Gasteiger partial charge in [-0.3, -0.25) is 0 Å². The monoisotopic (exact) mass is 242 g/mol. The van der Waals surface area contributed by atoms with E-state index in [2.05, 4.69) is 31.1 Å². The van der Waals surface area contributed by atoms with Gasteiger partial charge < -0.3 is 10.5 Å². The van der Waals surface area contributed by atoms with Gasteiger partial charge in [0.1, 0.15) is 0 Å². The molecule has 0 spiro atoms. The lowest BCUT2D eigenvalue weighted by atomic mass is 9.93. The van der Waals surface area contributed by atoms with E-state index in [-0.39, 0.29) is 17.6 Å². The zero-order chi connectivity index (χ0) is 12.3. The van der Waals surface area contributed by atoms with E-state index in [0.29, 0.717) is 0 Å². The molecule has 0 aliphatic heterocycles. The van der Waals surface area contributed by atoms with E-state index in [9.17, 15) is 0 Å². The summed E-state index contributed by atoms with van der Waals surface area (Å²) in [5.41, 5.74) is 7.28. The van der Waals surface area contributed by atoms with Crippen LogP contribution in [0.15, 0.2) is 5.38 Å². The highest BCUT2D eigenvalue weighted by atomic mass is 32.1. The zero-order valence-electron chi connectivity index (χ0n) is 10.8. The van der Waals surface area contributed by atoms with Crippen LogP contribution in [-0.4, -0.2) is 24.2 Å². The van der Waals surface area contributed by atoms with Crippen molar-refractivity contribution in [3.8, 4) is 0 Å². The van der Waals surface area contributed by atoms with Crippen LogP contribution < -0.4 is 5.73 Å². The molecule has 1 heterocycles. The van der Waals surface area contributed by atoms with Gasteiger partial charge in [-0.25, -0.2) is 4.98 Å². The largest absolute Gasteiger partial charge is 0.380 e. The molecule has 4 heteroatoms. The molecule has 2 N–H and O–H groups in total. The summed E-state index contributed by atoms with van der Waals surface area (Å²) in [6.45, 7) is 8.50. The summed E-state index contributed by atoms with van der Waals surface area (Å²) in [5, 5.41) is 3.22. The molecule has 0 aliphatic carbocycles. The number of hydrogen-bond acceptors (Lipinski definition) is 4. The minimum Gasteiger partial charge on any atom is -0.380 e. The van der Waals surface area contributed by atoms with Gasteiger partial charge in [0.05, 0.1) is 16.8 Å². The fourth-order valence-corrected chi connectivity index (χ4v) is 2.39. The van der Waals surface area contributed by atoms with Gasteiger partial charge in [0, 0.05) is 30.4 Å². The summed E-state index contributed by atoms with van der Waals surface area (Å²) in [7, 11) is 1.69. The molecule has 1 rings (SSSR count). The summed E-state index contributed by atoms with van der Waals surface area (Å²) in [5.74, 6) is 0. The summed E-state index contributed by atoms with van der Waals surface area (Å²) < 4.78 is 5.21. The molecule has 0 aliphatic rings. The summed E-state index contributed by atoms with van der Waals surface area (Å²) in [6, 6.07) is 0.0176. The molecule has 3 nitrogen and oxygen atoms in total. The predicted molar refractivity (Wildman–Crippen MR) is 69.0 cm³/mol. The van der Waals surface area contributed by atoms with Crippen LogP contribution in [0.25, 0.3) is 0 Å². The van der Waals surface area contributed by atoms with Crippen molar-refractivity contribution < 1.29 is 4.74 Å². The van der Waals surface area contributed by atoms with Gasteiger partial charge in [0.2, 0.25) is 0 Å². The van der Waals surface area contributed by atoms with E-state index >= 15 is 0 Å². The Kier molecular flexibility index (Phi) is 4.47. The van der Waals surface area contributed by atoms with E-state index in [1.807, 2.05) is 6.92 Å². The van der Waals surface area contributed by atoms with Crippen molar-refractivity contribution in [1.29, 1.82) is 0 Å². The molecule has 16 heavy (non-hydrogen) atoms. The maximum absolute atomic E-state index is 6.02. The highest BCUT2D eigenvalue weighted by Crippen LogP contribution is 2.24. The molecule has 2 atom stereocenters. The van der Waals surface area contributed by atoms with Crippen LogP contribution >= 0.6 is 11.3 Å². The lowest BCUT2D eigenvalue weighted by Gasteiger charge is -2.17. The number of thiazole rings is 1. The maximum atomic E-state index is 6.02. The molecule has 0 fully saturated rings. The summed E-state index contributed by atoms with van der Waals surface area (Å²) >= 11 is 1.69. The molecule has 0 radical (unpaired) electrons. The smallest absolute Gasteiger partial charge is 0.0944 e. The van der Waals surface area contributed by atoms with Crippen molar-refractivity contribution in [2.45, 2.75) is 51.7 Å². The fourth-order valence-electron chi connectivity index (χ4n) is 1.29. The molecule has 0 bridgehead atoms. The van der Waals surface area contributed by atoms with Crippen LogP contribution in [0.2, 0.25) is 0 Å². The molecule has 2 unspecified atom stereocenters. The lowest BCUT2D eigenvalue weighted by molar-refractivity contribution is 0.0955. The zero-order valence-corrected chi connectivity index (χ0v) is 11.6. The van der Waals surface area contributed by atoms with Crippen molar-refractivity contribution in [1.82, 2.24) is 4.98 Å². The van der Waals surface area contributed by atoms with Crippen molar-refractivity contribution in [3.63, 3.8) is 0 Å². The third-order valence-electron chi connectivity index (χ3n) is 2.71. The molecule has 92 valence electrons. The van der Waals surface area contributed by atoms with Gasteiger partial charge >= 0.3 is 0 Å². The van der Waals surface area contributed by atoms with Gasteiger partial charge in [0.25, 0.3) is 0 Å². The van der Waals surface area contributed by atoms with Crippen LogP contribution in [-0.2, 0) is 16.6 Å². The Morgan fingerprint density at radius 1 is 1.50 bits per heavy atom. The lowest BCUT2D eigenvalue weighted by Crippen LogP contribution is -2.35. The normalized spacial score (nSPS) is 16.1. The highest BCUT2D eigenvalue weighted by molar-refractivity contribution is 7.09. The van der Waals surface area contributed by atoms with Gasteiger partial charge in [0.15, 0.2) is 0 Å². The van der Waals surface area contributed by atoms with Gasteiger partial charge in [-0.15, -0.1) is 11.3 Å². The third kappa shape index (κ3) is 3.54. The van der Waals surface area contributed by atoms with E-state index in [1.165, 1.54) is 0 Å². The first kappa shape index (κ1) is 13.6. The van der Waals surface area contributed by atoms with Crippen LogP contribution in [0.4, 0.5) is 0 Å². The number of ether oxygens (including phenoxy) is 1. The van der Waals surface area contributed by atoms with Crippen molar-refractivity contribution in [2.75, 3.05) is 7.11 Å². The van der Waals surface area contributed by atoms with Crippen LogP contribution in [0.1, 0.15) is 38.4 Å². The van der Waals surface area contributed by atoms with Crippen molar-refractivity contribution in [2.24, 2.45) is 5.73 Å². The molecule has 0 aromatic carbocycles. The average Bonchev–Trinajstić information content (AvgIpc) is 2.64. The minimum atomic E-state index is 0.0176. The number of aromatic nitrogens is 1. The Hall–Kier alpha value is -0.450. The first-order valence-electron chi connectivity index (χ1n) is 5.58. The maximum Gasteiger partial charge on any atom is 0.0944 e. The van der Waals surface area contributed by atoms with Crippen LogP contribution in [0.5, 0.6) is 0 Å². The molecule has 0 amide bonds. The topological polar surface area (TPSA) is 48.1 Å². The Morgan fingerprint density at radius 3 is 2.56 bits per heavy atom. The molecule has 0 saturated carbocycles. The Labute approximate surface area is 102 Å². The average molecular weight is 242 g/mol. The quantitative estimate of drug-likeness (QED) is 0.881. The molecule has 1 aromatic rings. The number of nitrogens with zero attached hydrogens (tertiary/aromatic N) is 1. The minimum absolute atomic E-state index is 0.0176. The number of hydrogen-bond donors (Lipinski definition) is 1. The highest BCUT2D eigenvalue weighted by Gasteiger charge is 2.19. The Morgan fingerprint density at radius 2 is 2.12 bits per heavy atom. The predicted octanol–water partition coefficient (Wildman–Crippen LogP) is 2.35. The van der Waals surface area contributed by atoms with Crippen LogP contribution in [0.3, 0.4) is 0 Å². The number of nitrogens with two attached hydrogens (primary N) is 1. The molecular formula is C12H22N2OS. The van der Waals surface area contributed by atoms with E-state index in [4.69, 9.17) is 10.5 Å². The molecule has 1 aromatic heterocycles. The van der Waals surface area contributed by atoms with Crippen molar-refractivity contribution >= 4 is 11.3 Å². The van der Waals surface area contributed by atoms with Crippen molar-refractivity contribution in [3.05, 3.63) is 16.1 Å². The van der Waals surface area contributed by atoms with E-state index in [0.717, 1.165) is 17.1 Å². The van der Waals surface area contributed by atoms with E-state index in [1.54, 1.807) is 18.4 Å². The Balaban J connectivity index is 2.66. The first-order valence-corrected chi connectivity index (χ1v) is 6.46. The molecule has 0 saturated heterocycles. The standard InChI is InChI=1S/C12H22N2OS/c1-8(15-5)9(13)6-11-14-10(7-16-11)12(2,3)4/h7-9H,6,13H2,1-5H3. The summed E-state index contributed by atoms with van der Waals surface area (Å²) in [6.07, 6.45) is 0.859. The first-order chi connectivity index (χ1) is 7.34. The molecular weight excluding hydrogens is 220 g/mol. The fraction of sp³-hybridized carbons (Fsp3) is 0.750. The van der Waals surface area contributed by atoms with E-state index < -0.39 is 0 Å². The van der Waals surface area contributed by atoms with Gasteiger partial charge in [-0.05, 0) is 6.92 Å². The second-order valence-corrected chi connectivity index (χ2v) is 6.13. The summed E-state index contributed by atoms with van der Waals surface area (Å²) in [4.78, 5) is 4.62.